The van der Waals surface area contributed by atoms with E-state index in [9.17, 15) is 9.18 Å². The molecule has 5 heteroatoms. The molecular formula is C14H19FN2O2. The standard InChI is InChI=1S/C14H19FN2O2/c15-13-6-5-10(16)9-12(13)14(19)17-7-1-3-11(17)4-2-8-18/h5-6,9,11,18H,1-4,7-8,16H2. The Kier molecular flexibility index (Phi) is 4.37. The molecule has 0 aromatic heterocycles. The Morgan fingerprint density at radius 3 is 3.05 bits per heavy atom. The van der Waals surface area contributed by atoms with Crippen LogP contribution in [0, 0.1) is 5.82 Å². The fourth-order valence-electron chi connectivity index (χ4n) is 2.59. The smallest absolute Gasteiger partial charge is 0.257 e. The van der Waals surface area contributed by atoms with Crippen molar-refractivity contribution in [2.24, 2.45) is 0 Å². The van der Waals surface area contributed by atoms with Gasteiger partial charge in [0.05, 0.1) is 5.56 Å². The summed E-state index contributed by atoms with van der Waals surface area (Å²) in [4.78, 5) is 14.1. The van der Waals surface area contributed by atoms with Gasteiger partial charge in [-0.2, -0.15) is 0 Å². The normalized spacial score (nSPS) is 18.8. The minimum atomic E-state index is -0.535. The van der Waals surface area contributed by atoms with Crippen LogP contribution in [0.25, 0.3) is 0 Å². The molecule has 0 aliphatic carbocycles. The number of aliphatic hydroxyl groups excluding tert-OH is 1. The lowest BCUT2D eigenvalue weighted by Crippen LogP contribution is -2.36. The zero-order chi connectivity index (χ0) is 13.8. The molecular weight excluding hydrogens is 247 g/mol. The number of rotatable bonds is 4. The Labute approximate surface area is 112 Å². The maximum atomic E-state index is 13.7. The third kappa shape index (κ3) is 3.04. The van der Waals surface area contributed by atoms with Gasteiger partial charge in [0, 0.05) is 24.9 Å². The van der Waals surface area contributed by atoms with E-state index >= 15 is 0 Å². The van der Waals surface area contributed by atoms with Crippen molar-refractivity contribution in [3.8, 4) is 0 Å². The number of halogens is 1. The average Bonchev–Trinajstić information content (AvgIpc) is 2.86. The highest BCUT2D eigenvalue weighted by molar-refractivity contribution is 5.95. The van der Waals surface area contributed by atoms with Crippen molar-refractivity contribution in [1.82, 2.24) is 4.90 Å². The zero-order valence-corrected chi connectivity index (χ0v) is 10.8. The second-order valence-corrected chi connectivity index (χ2v) is 4.90. The number of carbonyl (C=O) groups excluding carboxylic acids is 1. The third-order valence-electron chi connectivity index (χ3n) is 3.55. The predicted molar refractivity (Wildman–Crippen MR) is 71.2 cm³/mol. The third-order valence-corrected chi connectivity index (χ3v) is 3.55. The van der Waals surface area contributed by atoms with Crippen LogP contribution in [0.2, 0.25) is 0 Å². The molecule has 19 heavy (non-hydrogen) atoms. The summed E-state index contributed by atoms with van der Waals surface area (Å²) in [6.45, 7) is 0.758. The van der Waals surface area contributed by atoms with Crippen LogP contribution in [0.1, 0.15) is 36.0 Å². The summed E-state index contributed by atoms with van der Waals surface area (Å²) in [6.07, 6.45) is 3.25. The number of nitrogens with two attached hydrogens (primary N) is 1. The largest absolute Gasteiger partial charge is 0.399 e. The van der Waals surface area contributed by atoms with Crippen molar-refractivity contribution >= 4 is 11.6 Å². The highest BCUT2D eigenvalue weighted by Crippen LogP contribution is 2.25. The lowest BCUT2D eigenvalue weighted by molar-refractivity contribution is 0.0720. The summed E-state index contributed by atoms with van der Waals surface area (Å²) in [5, 5.41) is 8.87. The highest BCUT2D eigenvalue weighted by Gasteiger charge is 2.30. The second-order valence-electron chi connectivity index (χ2n) is 4.90. The van der Waals surface area contributed by atoms with E-state index in [4.69, 9.17) is 10.8 Å². The van der Waals surface area contributed by atoms with Crippen LogP contribution in [0.3, 0.4) is 0 Å². The zero-order valence-electron chi connectivity index (χ0n) is 10.8. The SMILES string of the molecule is Nc1ccc(F)c(C(=O)N2CCCC2CCCO)c1. The average molecular weight is 266 g/mol. The predicted octanol–water partition coefficient (Wildman–Crippen LogP) is 1.79. The molecule has 3 N–H and O–H groups in total. The van der Waals surface area contributed by atoms with Crippen molar-refractivity contribution in [3.63, 3.8) is 0 Å². The first-order valence-electron chi connectivity index (χ1n) is 6.60. The Hall–Kier alpha value is -1.62. The number of aliphatic hydroxyl groups is 1. The number of nitrogens with zero attached hydrogens (tertiary/aromatic N) is 1. The molecule has 104 valence electrons. The van der Waals surface area contributed by atoms with Crippen molar-refractivity contribution in [3.05, 3.63) is 29.6 Å². The number of benzene rings is 1. The van der Waals surface area contributed by atoms with Crippen LogP contribution < -0.4 is 5.73 Å². The molecule has 0 radical (unpaired) electrons. The molecule has 0 saturated carbocycles. The molecule has 1 aliphatic heterocycles. The van der Waals surface area contributed by atoms with Gasteiger partial charge < -0.3 is 15.7 Å². The Morgan fingerprint density at radius 2 is 2.32 bits per heavy atom. The van der Waals surface area contributed by atoms with Crippen LogP contribution in [0.5, 0.6) is 0 Å². The van der Waals surface area contributed by atoms with Gasteiger partial charge in [-0.1, -0.05) is 0 Å². The van der Waals surface area contributed by atoms with Crippen molar-refractivity contribution in [1.29, 1.82) is 0 Å². The molecule has 1 aromatic carbocycles. The number of anilines is 1. The Balaban J connectivity index is 2.16. The summed E-state index contributed by atoms with van der Waals surface area (Å²) in [7, 11) is 0. The van der Waals surface area contributed by atoms with Crippen LogP contribution in [-0.2, 0) is 0 Å². The molecule has 1 atom stereocenters. The monoisotopic (exact) mass is 266 g/mol. The number of nitrogen functional groups attached to an aromatic ring is 1. The first kappa shape index (κ1) is 13.8. The van der Waals surface area contributed by atoms with Crippen molar-refractivity contribution in [2.75, 3.05) is 18.9 Å². The van der Waals surface area contributed by atoms with Gasteiger partial charge in [-0.15, -0.1) is 0 Å². The molecule has 2 rings (SSSR count). The molecule has 0 bridgehead atoms. The van der Waals surface area contributed by atoms with Crippen molar-refractivity contribution in [2.45, 2.75) is 31.7 Å². The quantitative estimate of drug-likeness (QED) is 0.816. The van der Waals surface area contributed by atoms with Gasteiger partial charge in [0.2, 0.25) is 0 Å². The fraction of sp³-hybridized carbons (Fsp3) is 0.500. The van der Waals surface area contributed by atoms with Gasteiger partial charge in [-0.25, -0.2) is 4.39 Å². The van der Waals surface area contributed by atoms with E-state index in [0.717, 1.165) is 19.3 Å². The molecule has 1 amide bonds. The minimum Gasteiger partial charge on any atom is -0.399 e. The van der Waals surface area contributed by atoms with E-state index in [1.165, 1.54) is 18.2 Å². The van der Waals surface area contributed by atoms with E-state index in [1.54, 1.807) is 4.90 Å². The van der Waals surface area contributed by atoms with Crippen molar-refractivity contribution < 1.29 is 14.3 Å². The summed E-state index contributed by atoms with van der Waals surface area (Å²) >= 11 is 0. The van der Waals surface area contributed by atoms with E-state index in [1.807, 2.05) is 0 Å². The van der Waals surface area contributed by atoms with Crippen LogP contribution in [0.4, 0.5) is 10.1 Å². The van der Waals surface area contributed by atoms with Crippen LogP contribution in [-0.4, -0.2) is 35.1 Å². The summed E-state index contributed by atoms with van der Waals surface area (Å²) in [5.41, 5.74) is 6.03. The molecule has 1 saturated heterocycles. The van der Waals surface area contributed by atoms with E-state index in [-0.39, 0.29) is 24.1 Å². The Morgan fingerprint density at radius 1 is 1.53 bits per heavy atom. The second kappa shape index (κ2) is 6.02. The van der Waals surface area contributed by atoms with Gasteiger partial charge in [0.25, 0.3) is 5.91 Å². The Bertz CT molecular complexity index is 465. The number of amides is 1. The summed E-state index contributed by atoms with van der Waals surface area (Å²) in [5.74, 6) is -0.836. The molecule has 4 nitrogen and oxygen atoms in total. The first-order valence-corrected chi connectivity index (χ1v) is 6.60. The maximum Gasteiger partial charge on any atom is 0.257 e. The first-order chi connectivity index (χ1) is 9.13. The molecule has 1 heterocycles. The van der Waals surface area contributed by atoms with E-state index in [0.29, 0.717) is 18.7 Å². The van der Waals surface area contributed by atoms with Gasteiger partial charge in [-0.3, -0.25) is 4.79 Å². The van der Waals surface area contributed by atoms with Crippen LogP contribution >= 0.6 is 0 Å². The summed E-state index contributed by atoms with van der Waals surface area (Å²) in [6, 6.07) is 4.15. The minimum absolute atomic E-state index is 0.0379. The van der Waals surface area contributed by atoms with Gasteiger partial charge in [0.1, 0.15) is 5.82 Å². The van der Waals surface area contributed by atoms with Gasteiger partial charge in [0.15, 0.2) is 0 Å². The molecule has 1 aromatic rings. The lowest BCUT2D eigenvalue weighted by Gasteiger charge is -2.25. The number of likely N-dealkylation sites (tertiary alicyclic amines) is 1. The number of carbonyl (C=O) groups is 1. The molecule has 1 unspecified atom stereocenters. The lowest BCUT2D eigenvalue weighted by atomic mass is 10.1. The summed E-state index contributed by atoms with van der Waals surface area (Å²) < 4.78 is 13.7. The highest BCUT2D eigenvalue weighted by atomic mass is 19.1. The fourth-order valence-corrected chi connectivity index (χ4v) is 2.59. The van der Waals surface area contributed by atoms with Gasteiger partial charge >= 0.3 is 0 Å². The van der Waals surface area contributed by atoms with E-state index in [2.05, 4.69) is 0 Å². The molecule has 1 aliphatic rings. The van der Waals surface area contributed by atoms with E-state index < -0.39 is 5.82 Å². The maximum absolute atomic E-state index is 13.7. The van der Waals surface area contributed by atoms with Crippen LogP contribution in [0.15, 0.2) is 18.2 Å². The number of hydrogen-bond acceptors (Lipinski definition) is 3. The number of hydrogen-bond donors (Lipinski definition) is 2. The molecule has 1 fully saturated rings. The van der Waals surface area contributed by atoms with Gasteiger partial charge in [-0.05, 0) is 43.9 Å². The topological polar surface area (TPSA) is 66.6 Å². The molecule has 0 spiro atoms.